The molecule has 2 unspecified atom stereocenters. The van der Waals surface area contributed by atoms with E-state index in [-0.39, 0.29) is 18.0 Å². The fraction of sp³-hybridized carbons (Fsp3) is 0.320. The highest BCUT2D eigenvalue weighted by Gasteiger charge is 2.23. The minimum Gasteiger partial charge on any atom is -0.377 e. The number of nitrogens with two attached hydrogens (primary N) is 1. The molecule has 2 aromatic carbocycles. The first kappa shape index (κ1) is 21.8. The monoisotopic (exact) mass is 430 g/mol. The number of amides is 1. The molecule has 1 amide bonds. The molecule has 1 aliphatic rings. The first-order valence-electron chi connectivity index (χ1n) is 11.0. The summed E-state index contributed by atoms with van der Waals surface area (Å²) in [6.07, 6.45) is 5.72. The molecule has 166 valence electrons. The number of carbonyl (C=O) groups is 1. The Hall–Kier alpha value is -3.45. The van der Waals surface area contributed by atoms with Gasteiger partial charge in [0, 0.05) is 54.7 Å². The van der Waals surface area contributed by atoms with Crippen molar-refractivity contribution in [3.8, 4) is 11.3 Å². The van der Waals surface area contributed by atoms with Crippen LogP contribution in [-0.4, -0.2) is 42.1 Å². The van der Waals surface area contributed by atoms with E-state index in [4.69, 9.17) is 5.73 Å². The fourth-order valence-corrected chi connectivity index (χ4v) is 4.10. The van der Waals surface area contributed by atoms with Crippen molar-refractivity contribution in [1.82, 2.24) is 15.3 Å². The quantitative estimate of drug-likeness (QED) is 0.548. The van der Waals surface area contributed by atoms with Gasteiger partial charge in [-0.3, -0.25) is 4.79 Å². The van der Waals surface area contributed by atoms with Gasteiger partial charge in [0.15, 0.2) is 0 Å². The van der Waals surface area contributed by atoms with Gasteiger partial charge in [0.25, 0.3) is 5.91 Å². The molecule has 3 aromatic rings. The largest absolute Gasteiger partial charge is 0.377 e. The van der Waals surface area contributed by atoms with Gasteiger partial charge in [-0.15, -0.1) is 0 Å². The molecule has 0 radical (unpaired) electrons. The molecule has 1 aromatic heterocycles. The number of anilines is 3. The van der Waals surface area contributed by atoms with Crippen LogP contribution >= 0.6 is 0 Å². The number of rotatable bonds is 6. The molecule has 0 spiro atoms. The fourth-order valence-electron chi connectivity index (χ4n) is 4.10. The molecule has 0 bridgehead atoms. The lowest BCUT2D eigenvalue weighted by Gasteiger charge is -2.29. The molecule has 0 aliphatic heterocycles. The minimum atomic E-state index is -0.0801. The lowest BCUT2D eigenvalue weighted by atomic mass is 9.91. The Balaban J connectivity index is 1.45. The molecular weight excluding hydrogens is 400 g/mol. The summed E-state index contributed by atoms with van der Waals surface area (Å²) in [6, 6.07) is 17.5. The SMILES string of the molecule is CN(C)c1ccccc1-c1cc(Nc2ccc(C(=O)NC3CCCCC3N)cc2)ncn1. The zero-order chi connectivity index (χ0) is 22.5. The van der Waals surface area contributed by atoms with Crippen molar-refractivity contribution in [3.63, 3.8) is 0 Å². The van der Waals surface area contributed by atoms with Crippen molar-refractivity contribution < 1.29 is 4.79 Å². The number of benzene rings is 2. The smallest absolute Gasteiger partial charge is 0.251 e. The number of aromatic nitrogens is 2. The highest BCUT2D eigenvalue weighted by molar-refractivity contribution is 5.94. The van der Waals surface area contributed by atoms with Crippen LogP contribution in [0.1, 0.15) is 36.0 Å². The highest BCUT2D eigenvalue weighted by Crippen LogP contribution is 2.29. The third-order valence-electron chi connectivity index (χ3n) is 5.88. The maximum atomic E-state index is 12.6. The van der Waals surface area contributed by atoms with Gasteiger partial charge < -0.3 is 21.3 Å². The van der Waals surface area contributed by atoms with Crippen molar-refractivity contribution in [2.24, 2.45) is 5.73 Å². The van der Waals surface area contributed by atoms with Crippen LogP contribution in [0.2, 0.25) is 0 Å². The standard InChI is InChI=1S/C25H30N6O/c1-31(2)23-10-6-3-7-19(23)22-15-24(28-16-27-22)29-18-13-11-17(12-14-18)25(32)30-21-9-5-4-8-20(21)26/h3,6-7,10-16,20-21H,4-5,8-9,26H2,1-2H3,(H,30,32)(H,27,28,29). The van der Waals surface area contributed by atoms with Crippen LogP contribution in [0, 0.1) is 0 Å². The molecule has 1 fully saturated rings. The molecule has 1 aliphatic carbocycles. The van der Waals surface area contributed by atoms with Crippen LogP contribution in [0.4, 0.5) is 17.2 Å². The molecule has 0 saturated heterocycles. The van der Waals surface area contributed by atoms with Crippen LogP contribution in [-0.2, 0) is 0 Å². The van der Waals surface area contributed by atoms with Gasteiger partial charge in [-0.1, -0.05) is 31.0 Å². The number of carbonyl (C=O) groups excluding carboxylic acids is 1. The maximum Gasteiger partial charge on any atom is 0.251 e. The molecule has 4 rings (SSSR count). The molecule has 1 heterocycles. The summed E-state index contributed by atoms with van der Waals surface area (Å²) in [5.41, 5.74) is 10.6. The van der Waals surface area contributed by atoms with E-state index in [0.717, 1.165) is 48.3 Å². The van der Waals surface area contributed by atoms with Gasteiger partial charge in [-0.25, -0.2) is 9.97 Å². The first-order chi connectivity index (χ1) is 15.5. The van der Waals surface area contributed by atoms with E-state index in [2.05, 4.69) is 31.6 Å². The van der Waals surface area contributed by atoms with Crippen LogP contribution in [0.25, 0.3) is 11.3 Å². The number of hydrogen-bond acceptors (Lipinski definition) is 6. The molecule has 2 atom stereocenters. The molecule has 7 nitrogen and oxygen atoms in total. The minimum absolute atomic E-state index is 0.0400. The Labute approximate surface area is 189 Å². The molecule has 32 heavy (non-hydrogen) atoms. The van der Waals surface area contributed by atoms with Crippen molar-refractivity contribution in [1.29, 1.82) is 0 Å². The number of para-hydroxylation sites is 1. The normalized spacial score (nSPS) is 18.1. The van der Waals surface area contributed by atoms with Crippen LogP contribution in [0.5, 0.6) is 0 Å². The molecular formula is C25H30N6O. The summed E-state index contributed by atoms with van der Waals surface area (Å²) in [7, 11) is 4.03. The predicted molar refractivity (Wildman–Crippen MR) is 129 cm³/mol. The number of nitrogens with zero attached hydrogens (tertiary/aromatic N) is 3. The van der Waals surface area contributed by atoms with Gasteiger partial charge in [0.1, 0.15) is 12.1 Å². The number of nitrogens with one attached hydrogen (secondary N) is 2. The van der Waals surface area contributed by atoms with Crippen molar-refractivity contribution in [3.05, 3.63) is 66.5 Å². The maximum absolute atomic E-state index is 12.6. The average molecular weight is 431 g/mol. The van der Waals surface area contributed by atoms with E-state index < -0.39 is 0 Å². The summed E-state index contributed by atoms with van der Waals surface area (Å²) in [6.45, 7) is 0. The Morgan fingerprint density at radius 3 is 2.53 bits per heavy atom. The lowest BCUT2D eigenvalue weighted by Crippen LogP contribution is -2.49. The van der Waals surface area contributed by atoms with Crippen molar-refractivity contribution in [2.75, 3.05) is 24.3 Å². The van der Waals surface area contributed by atoms with E-state index >= 15 is 0 Å². The van der Waals surface area contributed by atoms with Crippen LogP contribution < -0.4 is 21.3 Å². The summed E-state index contributed by atoms with van der Waals surface area (Å²) in [4.78, 5) is 23.5. The second kappa shape index (κ2) is 9.78. The third-order valence-corrected chi connectivity index (χ3v) is 5.88. The van der Waals surface area contributed by atoms with Crippen LogP contribution in [0.15, 0.2) is 60.9 Å². The summed E-state index contributed by atoms with van der Waals surface area (Å²) in [5.74, 6) is 0.609. The Morgan fingerprint density at radius 2 is 1.78 bits per heavy atom. The van der Waals surface area contributed by atoms with E-state index in [1.165, 1.54) is 0 Å². The van der Waals surface area contributed by atoms with Gasteiger partial charge in [-0.2, -0.15) is 0 Å². The van der Waals surface area contributed by atoms with Crippen molar-refractivity contribution in [2.45, 2.75) is 37.8 Å². The van der Waals surface area contributed by atoms with E-state index in [9.17, 15) is 4.79 Å². The number of hydrogen-bond donors (Lipinski definition) is 3. The van der Waals surface area contributed by atoms with E-state index in [1.807, 2.05) is 62.6 Å². The Kier molecular flexibility index (Phi) is 6.66. The second-order valence-corrected chi connectivity index (χ2v) is 8.43. The van der Waals surface area contributed by atoms with Gasteiger partial charge in [0.2, 0.25) is 0 Å². The summed E-state index contributed by atoms with van der Waals surface area (Å²) >= 11 is 0. The Bertz CT molecular complexity index is 1070. The summed E-state index contributed by atoms with van der Waals surface area (Å²) < 4.78 is 0. The zero-order valence-electron chi connectivity index (χ0n) is 18.6. The Morgan fingerprint density at radius 1 is 1.03 bits per heavy atom. The summed E-state index contributed by atoms with van der Waals surface area (Å²) in [5, 5.41) is 6.39. The average Bonchev–Trinajstić information content (AvgIpc) is 2.81. The first-order valence-corrected chi connectivity index (χ1v) is 11.0. The zero-order valence-corrected chi connectivity index (χ0v) is 18.6. The van der Waals surface area contributed by atoms with E-state index in [0.29, 0.717) is 11.4 Å². The second-order valence-electron chi connectivity index (χ2n) is 8.43. The highest BCUT2D eigenvalue weighted by atomic mass is 16.1. The third kappa shape index (κ3) is 5.06. The van der Waals surface area contributed by atoms with E-state index in [1.54, 1.807) is 6.33 Å². The van der Waals surface area contributed by atoms with Crippen molar-refractivity contribution >= 4 is 23.1 Å². The van der Waals surface area contributed by atoms with Gasteiger partial charge >= 0.3 is 0 Å². The topological polar surface area (TPSA) is 96.2 Å². The molecule has 7 heteroatoms. The molecule has 1 saturated carbocycles. The predicted octanol–water partition coefficient (Wildman–Crippen LogP) is 3.95. The molecule has 4 N–H and O–H groups in total. The lowest BCUT2D eigenvalue weighted by molar-refractivity contribution is 0.0921. The van der Waals surface area contributed by atoms with Gasteiger partial charge in [0.05, 0.1) is 5.69 Å². The van der Waals surface area contributed by atoms with Crippen LogP contribution in [0.3, 0.4) is 0 Å². The van der Waals surface area contributed by atoms with Gasteiger partial charge in [-0.05, 0) is 43.2 Å².